The normalized spacial score (nSPS) is 17.2. The molecule has 4 aromatic rings. The molecule has 2 aromatic heterocycles. The van der Waals surface area contributed by atoms with Crippen molar-refractivity contribution in [3.63, 3.8) is 0 Å². The van der Waals surface area contributed by atoms with Crippen LogP contribution in [0.25, 0.3) is 11.3 Å². The zero-order chi connectivity index (χ0) is 24.3. The van der Waals surface area contributed by atoms with Crippen molar-refractivity contribution in [2.24, 2.45) is 0 Å². The molecule has 2 aliphatic heterocycles. The van der Waals surface area contributed by atoms with E-state index in [1.54, 1.807) is 12.1 Å². The highest BCUT2D eigenvalue weighted by Gasteiger charge is 2.31. The summed E-state index contributed by atoms with van der Waals surface area (Å²) < 4.78 is 17.4. The summed E-state index contributed by atoms with van der Waals surface area (Å²) in [6, 6.07) is 22.0. The van der Waals surface area contributed by atoms with Crippen LogP contribution in [0, 0.1) is 0 Å². The highest BCUT2D eigenvalue weighted by atomic mass is 16.5. The highest BCUT2D eigenvalue weighted by molar-refractivity contribution is 5.91. The minimum atomic E-state index is -0.161. The molecule has 1 saturated heterocycles. The van der Waals surface area contributed by atoms with Gasteiger partial charge in [0.25, 0.3) is 5.91 Å². The number of nitrogens with zero attached hydrogens (tertiary/aromatic N) is 3. The minimum Gasteiger partial charge on any atom is -0.459 e. The van der Waals surface area contributed by atoms with E-state index in [1.165, 1.54) is 17.4 Å². The van der Waals surface area contributed by atoms with E-state index in [0.29, 0.717) is 24.7 Å². The van der Waals surface area contributed by atoms with Crippen LogP contribution in [0.5, 0.6) is 0 Å². The Kier molecular flexibility index (Phi) is 6.30. The van der Waals surface area contributed by atoms with Crippen LogP contribution in [0.2, 0.25) is 0 Å². The van der Waals surface area contributed by atoms with Crippen LogP contribution in [0.1, 0.15) is 40.1 Å². The van der Waals surface area contributed by atoms with Gasteiger partial charge in [0, 0.05) is 31.8 Å². The number of hydrogen-bond donors (Lipinski definition) is 0. The Morgan fingerprint density at radius 2 is 1.86 bits per heavy atom. The van der Waals surface area contributed by atoms with E-state index in [0.717, 1.165) is 55.8 Å². The molecule has 0 saturated carbocycles. The molecule has 7 nitrogen and oxygen atoms in total. The summed E-state index contributed by atoms with van der Waals surface area (Å²) in [4.78, 5) is 17.6. The van der Waals surface area contributed by atoms with Crippen molar-refractivity contribution in [2.75, 3.05) is 24.6 Å². The summed E-state index contributed by atoms with van der Waals surface area (Å²) in [5.74, 6) is 0.873. The molecule has 0 unspecified atom stereocenters. The molecule has 4 heterocycles. The molecule has 0 aliphatic carbocycles. The average Bonchev–Trinajstić information content (AvgIpc) is 3.71. The second-order valence-electron chi connectivity index (χ2n) is 9.42. The molecule has 1 fully saturated rings. The van der Waals surface area contributed by atoms with Crippen molar-refractivity contribution in [3.8, 4) is 11.3 Å². The summed E-state index contributed by atoms with van der Waals surface area (Å²) in [5, 5.41) is 4.52. The van der Waals surface area contributed by atoms with Crippen LogP contribution < -0.4 is 4.90 Å². The van der Waals surface area contributed by atoms with Gasteiger partial charge in [-0.1, -0.05) is 59.8 Å². The first-order valence-corrected chi connectivity index (χ1v) is 12.6. The molecule has 0 bridgehead atoms. The van der Waals surface area contributed by atoms with Gasteiger partial charge in [-0.15, -0.1) is 0 Å². The molecule has 0 radical (unpaired) electrons. The number of aromatic nitrogens is 1. The minimum absolute atomic E-state index is 0.00858. The molecule has 184 valence electrons. The molecule has 6 rings (SSSR count). The maximum Gasteiger partial charge on any atom is 0.289 e. The Balaban J connectivity index is 1.37. The molecule has 7 heteroatoms. The fraction of sp³-hybridized carbons (Fsp3) is 0.310. The first-order valence-electron chi connectivity index (χ1n) is 12.6. The predicted molar refractivity (Wildman–Crippen MR) is 136 cm³/mol. The van der Waals surface area contributed by atoms with Crippen molar-refractivity contribution in [1.82, 2.24) is 10.1 Å². The monoisotopic (exact) mass is 483 g/mol. The SMILES string of the molecule is O=C(c1ccco1)N(Cc1c(-c2ccccc2)noc1N1CCc2ccccc2C1)C[C@H]1CCCO1. The number of benzene rings is 2. The molecule has 2 aromatic carbocycles. The molecule has 2 aliphatic rings. The zero-order valence-electron chi connectivity index (χ0n) is 20.1. The van der Waals surface area contributed by atoms with E-state index < -0.39 is 0 Å². The van der Waals surface area contributed by atoms with E-state index in [1.807, 2.05) is 35.2 Å². The largest absolute Gasteiger partial charge is 0.459 e. The highest BCUT2D eigenvalue weighted by Crippen LogP contribution is 2.35. The van der Waals surface area contributed by atoms with E-state index in [2.05, 4.69) is 34.3 Å². The van der Waals surface area contributed by atoms with E-state index in [9.17, 15) is 4.79 Å². The maximum absolute atomic E-state index is 13.5. The Bertz CT molecular complexity index is 1310. The Morgan fingerprint density at radius 1 is 1.03 bits per heavy atom. The summed E-state index contributed by atoms with van der Waals surface area (Å²) in [6.07, 6.45) is 4.42. The van der Waals surface area contributed by atoms with Crippen LogP contribution in [-0.2, 0) is 24.2 Å². The first-order chi connectivity index (χ1) is 17.8. The van der Waals surface area contributed by atoms with Crippen LogP contribution in [-0.4, -0.2) is 41.8 Å². The van der Waals surface area contributed by atoms with Gasteiger partial charge in [-0.25, -0.2) is 0 Å². The Labute approximate surface area is 210 Å². The van der Waals surface area contributed by atoms with Gasteiger partial charge in [0.05, 0.1) is 24.5 Å². The first kappa shape index (κ1) is 22.6. The number of fused-ring (bicyclic) bond motifs is 1. The molecule has 1 atom stereocenters. The number of anilines is 1. The van der Waals surface area contributed by atoms with Crippen molar-refractivity contribution < 1.29 is 18.5 Å². The summed E-state index contributed by atoms with van der Waals surface area (Å²) in [7, 11) is 0. The lowest BCUT2D eigenvalue weighted by atomic mass is 9.99. The molecule has 0 N–H and O–H groups in total. The fourth-order valence-corrected chi connectivity index (χ4v) is 5.18. The lowest BCUT2D eigenvalue weighted by Gasteiger charge is -2.30. The number of amides is 1. The topological polar surface area (TPSA) is 72.0 Å². The lowest BCUT2D eigenvalue weighted by Crippen LogP contribution is -2.37. The van der Waals surface area contributed by atoms with Crippen molar-refractivity contribution in [2.45, 2.75) is 38.5 Å². The third kappa shape index (κ3) is 4.54. The van der Waals surface area contributed by atoms with Crippen LogP contribution in [0.15, 0.2) is 81.9 Å². The maximum atomic E-state index is 13.5. The molecular weight excluding hydrogens is 454 g/mol. The zero-order valence-corrected chi connectivity index (χ0v) is 20.1. The average molecular weight is 484 g/mol. The molecule has 36 heavy (non-hydrogen) atoms. The van der Waals surface area contributed by atoms with Crippen molar-refractivity contribution in [3.05, 3.63) is 95.4 Å². The molecular formula is C29H29N3O4. The third-order valence-electron chi connectivity index (χ3n) is 7.05. The summed E-state index contributed by atoms with van der Waals surface area (Å²) in [6.45, 7) is 3.13. The van der Waals surface area contributed by atoms with Gasteiger partial charge in [0.2, 0.25) is 5.88 Å². The van der Waals surface area contributed by atoms with Crippen molar-refractivity contribution in [1.29, 1.82) is 0 Å². The van der Waals surface area contributed by atoms with E-state index >= 15 is 0 Å². The van der Waals surface area contributed by atoms with Crippen LogP contribution >= 0.6 is 0 Å². The fourth-order valence-electron chi connectivity index (χ4n) is 5.18. The number of carbonyl (C=O) groups excluding carboxylic acids is 1. The number of furan rings is 1. The van der Waals surface area contributed by atoms with Gasteiger partial charge in [-0.2, -0.15) is 0 Å². The number of hydrogen-bond acceptors (Lipinski definition) is 6. The molecule has 0 spiro atoms. The van der Waals surface area contributed by atoms with Gasteiger partial charge in [0.15, 0.2) is 5.76 Å². The quantitative estimate of drug-likeness (QED) is 0.354. The Morgan fingerprint density at radius 3 is 2.64 bits per heavy atom. The molecule has 1 amide bonds. The number of carbonyl (C=O) groups is 1. The van der Waals surface area contributed by atoms with Crippen molar-refractivity contribution >= 4 is 11.8 Å². The second kappa shape index (κ2) is 10.0. The van der Waals surface area contributed by atoms with Crippen LogP contribution in [0.4, 0.5) is 5.88 Å². The third-order valence-corrected chi connectivity index (χ3v) is 7.05. The Hall–Kier alpha value is -3.84. The summed E-state index contributed by atoms with van der Waals surface area (Å²) >= 11 is 0. The van der Waals surface area contributed by atoms with Gasteiger partial charge < -0.3 is 23.5 Å². The second-order valence-corrected chi connectivity index (χ2v) is 9.42. The predicted octanol–water partition coefficient (Wildman–Crippen LogP) is 5.32. The lowest BCUT2D eigenvalue weighted by molar-refractivity contribution is 0.0484. The van der Waals surface area contributed by atoms with Gasteiger partial charge in [0.1, 0.15) is 5.69 Å². The van der Waals surface area contributed by atoms with E-state index in [-0.39, 0.29) is 12.0 Å². The number of rotatable bonds is 7. The standard InChI is InChI=1S/C29H29N3O4/c33-28(26-13-7-17-35-26)32(19-24-12-6-16-34-24)20-25-27(22-9-2-1-3-10-22)30-36-29(25)31-15-14-21-8-4-5-11-23(21)18-31/h1-5,7-11,13,17,24H,6,12,14-16,18-20H2/t24-/m1/s1. The van der Waals surface area contributed by atoms with Crippen LogP contribution in [0.3, 0.4) is 0 Å². The summed E-state index contributed by atoms with van der Waals surface area (Å²) in [5.41, 5.74) is 5.27. The number of ether oxygens (including phenoxy) is 1. The van der Waals surface area contributed by atoms with Gasteiger partial charge >= 0.3 is 0 Å². The van der Waals surface area contributed by atoms with E-state index in [4.69, 9.17) is 13.7 Å². The van der Waals surface area contributed by atoms with Gasteiger partial charge in [-0.05, 0) is 42.5 Å². The van der Waals surface area contributed by atoms with Gasteiger partial charge in [-0.3, -0.25) is 4.79 Å². The smallest absolute Gasteiger partial charge is 0.289 e.